The molecule has 1 aromatic rings. The number of aromatic nitrogens is 1. The molecule has 15 heavy (non-hydrogen) atoms. The third-order valence-corrected chi connectivity index (χ3v) is 4.15. The summed E-state index contributed by atoms with van der Waals surface area (Å²) in [7, 11) is 0. The van der Waals surface area contributed by atoms with Crippen LogP contribution in [0.3, 0.4) is 0 Å². The molecule has 1 N–H and O–H groups in total. The normalized spacial score (nSPS) is 15.7. The van der Waals surface area contributed by atoms with Crippen molar-refractivity contribution in [2.24, 2.45) is 0 Å². The van der Waals surface area contributed by atoms with Crippen molar-refractivity contribution in [3.8, 4) is 0 Å². The Hall–Kier alpha value is -0.410. The summed E-state index contributed by atoms with van der Waals surface area (Å²) in [6, 6.07) is 0.486. The van der Waals surface area contributed by atoms with Crippen LogP contribution in [0.15, 0.2) is 0 Å². The van der Waals surface area contributed by atoms with Crippen molar-refractivity contribution >= 4 is 11.3 Å². The molecule has 1 aromatic heterocycles. The molecule has 0 aliphatic rings. The first-order valence-corrected chi connectivity index (χ1v) is 6.43. The highest BCUT2D eigenvalue weighted by Gasteiger charge is 2.28. The van der Waals surface area contributed by atoms with Crippen molar-refractivity contribution in [2.45, 2.75) is 59.5 Å². The average molecular weight is 226 g/mol. The molecular weight excluding hydrogens is 204 g/mol. The summed E-state index contributed by atoms with van der Waals surface area (Å²) in [5, 5.41) is 4.83. The van der Waals surface area contributed by atoms with Gasteiger partial charge in [-0.05, 0) is 41.0 Å². The van der Waals surface area contributed by atoms with Gasteiger partial charge in [-0.1, -0.05) is 6.92 Å². The van der Waals surface area contributed by atoms with E-state index in [0.29, 0.717) is 6.04 Å². The second-order valence-corrected chi connectivity index (χ2v) is 5.85. The van der Waals surface area contributed by atoms with E-state index in [-0.39, 0.29) is 5.54 Å². The van der Waals surface area contributed by atoms with Crippen molar-refractivity contribution in [1.82, 2.24) is 10.3 Å². The number of thiazole rings is 1. The minimum Gasteiger partial charge on any atom is -0.303 e. The van der Waals surface area contributed by atoms with E-state index in [2.05, 4.69) is 51.8 Å². The topological polar surface area (TPSA) is 24.9 Å². The van der Waals surface area contributed by atoms with Crippen molar-refractivity contribution < 1.29 is 0 Å². The van der Waals surface area contributed by atoms with Crippen LogP contribution in [0.2, 0.25) is 0 Å². The molecule has 3 heteroatoms. The van der Waals surface area contributed by atoms with Gasteiger partial charge in [0.15, 0.2) is 0 Å². The van der Waals surface area contributed by atoms with Gasteiger partial charge in [0.05, 0.1) is 11.2 Å². The number of hydrogen-bond donors (Lipinski definition) is 1. The van der Waals surface area contributed by atoms with E-state index in [9.17, 15) is 0 Å². The number of rotatable bonds is 4. The first kappa shape index (κ1) is 12.7. The van der Waals surface area contributed by atoms with Gasteiger partial charge in [-0.25, -0.2) is 4.98 Å². The van der Waals surface area contributed by atoms with Gasteiger partial charge < -0.3 is 5.32 Å². The molecular formula is C12H22N2S. The predicted molar refractivity (Wildman–Crippen MR) is 67.5 cm³/mol. The van der Waals surface area contributed by atoms with Gasteiger partial charge in [0.2, 0.25) is 0 Å². The molecule has 1 rings (SSSR count). The van der Waals surface area contributed by atoms with E-state index in [1.54, 1.807) is 0 Å². The van der Waals surface area contributed by atoms with E-state index in [0.717, 1.165) is 6.42 Å². The summed E-state index contributed by atoms with van der Waals surface area (Å²) in [4.78, 5) is 5.99. The lowest BCUT2D eigenvalue weighted by atomic mass is 9.99. The fourth-order valence-electron chi connectivity index (χ4n) is 1.66. The van der Waals surface area contributed by atoms with Crippen LogP contribution in [0.4, 0.5) is 0 Å². The first-order chi connectivity index (χ1) is 6.89. The van der Waals surface area contributed by atoms with Crippen molar-refractivity contribution in [3.63, 3.8) is 0 Å². The Bertz CT molecular complexity index is 311. The molecule has 1 unspecified atom stereocenters. The Morgan fingerprint density at radius 1 is 1.40 bits per heavy atom. The van der Waals surface area contributed by atoms with Gasteiger partial charge in [-0.3, -0.25) is 0 Å². The largest absolute Gasteiger partial charge is 0.303 e. The SMILES string of the molecule is CCC(C)(NC(C)C)c1nc(C)c(C)s1. The van der Waals surface area contributed by atoms with Gasteiger partial charge in [0.25, 0.3) is 0 Å². The Morgan fingerprint density at radius 2 is 2.00 bits per heavy atom. The van der Waals surface area contributed by atoms with Gasteiger partial charge in [0, 0.05) is 10.9 Å². The van der Waals surface area contributed by atoms with Gasteiger partial charge in [-0.15, -0.1) is 11.3 Å². The molecule has 0 saturated carbocycles. The van der Waals surface area contributed by atoms with E-state index in [1.807, 2.05) is 11.3 Å². The smallest absolute Gasteiger partial charge is 0.113 e. The third kappa shape index (κ3) is 2.79. The average Bonchev–Trinajstić information content (AvgIpc) is 2.46. The maximum atomic E-state index is 4.66. The number of nitrogens with zero attached hydrogens (tertiary/aromatic N) is 1. The van der Waals surface area contributed by atoms with Crippen LogP contribution in [-0.2, 0) is 5.54 Å². The van der Waals surface area contributed by atoms with Crippen LogP contribution in [-0.4, -0.2) is 11.0 Å². The van der Waals surface area contributed by atoms with Gasteiger partial charge >= 0.3 is 0 Å². The molecule has 86 valence electrons. The summed E-state index contributed by atoms with van der Waals surface area (Å²) in [6.07, 6.45) is 1.07. The number of nitrogens with one attached hydrogen (secondary N) is 1. The summed E-state index contributed by atoms with van der Waals surface area (Å²) < 4.78 is 0. The molecule has 1 heterocycles. The van der Waals surface area contributed by atoms with Crippen LogP contribution in [0.5, 0.6) is 0 Å². The molecule has 0 radical (unpaired) electrons. The zero-order valence-electron chi connectivity index (χ0n) is 10.6. The lowest BCUT2D eigenvalue weighted by Crippen LogP contribution is -2.43. The predicted octanol–water partition coefficient (Wildman–Crippen LogP) is 3.38. The third-order valence-electron chi connectivity index (χ3n) is 2.81. The quantitative estimate of drug-likeness (QED) is 0.851. The zero-order chi connectivity index (χ0) is 11.6. The van der Waals surface area contributed by atoms with Crippen molar-refractivity contribution in [2.75, 3.05) is 0 Å². The van der Waals surface area contributed by atoms with Crippen molar-refractivity contribution in [1.29, 1.82) is 0 Å². The minimum absolute atomic E-state index is 0.0256. The Kier molecular flexibility index (Phi) is 3.90. The van der Waals surface area contributed by atoms with Crippen LogP contribution >= 0.6 is 11.3 Å². The highest BCUT2D eigenvalue weighted by atomic mass is 32.1. The lowest BCUT2D eigenvalue weighted by Gasteiger charge is -2.29. The maximum Gasteiger partial charge on any atom is 0.113 e. The fourth-order valence-corrected chi connectivity index (χ4v) is 2.76. The molecule has 0 fully saturated rings. The molecule has 0 spiro atoms. The lowest BCUT2D eigenvalue weighted by molar-refractivity contribution is 0.321. The first-order valence-electron chi connectivity index (χ1n) is 5.61. The van der Waals surface area contributed by atoms with E-state index in [4.69, 9.17) is 0 Å². The highest BCUT2D eigenvalue weighted by molar-refractivity contribution is 7.11. The summed E-state index contributed by atoms with van der Waals surface area (Å²) in [6.45, 7) is 13.0. The van der Waals surface area contributed by atoms with E-state index >= 15 is 0 Å². The Labute approximate surface area is 97.1 Å². The van der Waals surface area contributed by atoms with Crippen LogP contribution < -0.4 is 5.32 Å². The molecule has 0 saturated heterocycles. The molecule has 0 aromatic carbocycles. The molecule has 0 amide bonds. The summed E-state index contributed by atoms with van der Waals surface area (Å²) in [5.41, 5.74) is 1.19. The highest BCUT2D eigenvalue weighted by Crippen LogP contribution is 2.30. The molecule has 1 atom stereocenters. The number of aryl methyl sites for hydroxylation is 2. The molecule has 0 bridgehead atoms. The molecule has 0 aliphatic heterocycles. The number of hydrogen-bond acceptors (Lipinski definition) is 3. The van der Waals surface area contributed by atoms with Crippen molar-refractivity contribution in [3.05, 3.63) is 15.6 Å². The monoisotopic (exact) mass is 226 g/mol. The molecule has 2 nitrogen and oxygen atoms in total. The maximum absolute atomic E-state index is 4.66. The standard InChI is InChI=1S/C12H22N2S/c1-7-12(6,14-8(2)3)11-13-9(4)10(5)15-11/h8,14H,7H2,1-6H3. The Morgan fingerprint density at radius 3 is 2.33 bits per heavy atom. The fraction of sp³-hybridized carbons (Fsp3) is 0.750. The van der Waals surface area contributed by atoms with Crippen LogP contribution in [0, 0.1) is 13.8 Å². The zero-order valence-corrected chi connectivity index (χ0v) is 11.5. The second-order valence-electron chi connectivity index (χ2n) is 4.65. The Balaban J connectivity index is 3.00. The molecule has 0 aliphatic carbocycles. The summed E-state index contributed by atoms with van der Waals surface area (Å²) in [5.74, 6) is 0. The van der Waals surface area contributed by atoms with Gasteiger partial charge in [0.1, 0.15) is 5.01 Å². The van der Waals surface area contributed by atoms with E-state index in [1.165, 1.54) is 15.6 Å². The van der Waals surface area contributed by atoms with Crippen LogP contribution in [0.25, 0.3) is 0 Å². The second kappa shape index (κ2) is 4.62. The van der Waals surface area contributed by atoms with Crippen LogP contribution in [0.1, 0.15) is 49.7 Å². The van der Waals surface area contributed by atoms with Gasteiger partial charge in [-0.2, -0.15) is 0 Å². The minimum atomic E-state index is 0.0256. The van der Waals surface area contributed by atoms with E-state index < -0.39 is 0 Å². The summed E-state index contributed by atoms with van der Waals surface area (Å²) >= 11 is 1.81.